The van der Waals surface area contributed by atoms with Crippen molar-refractivity contribution >= 4 is 7.14 Å². The summed E-state index contributed by atoms with van der Waals surface area (Å²) in [4.78, 5) is 8.55. The maximum Gasteiger partial charge on any atom is 0.213 e. The summed E-state index contributed by atoms with van der Waals surface area (Å²) in [6, 6.07) is 12.0. The molecule has 2 aromatic heterocycles. The molecule has 1 aromatic carbocycles. The molecule has 37 heavy (non-hydrogen) atoms. The maximum atomic E-state index is 14.8. The van der Waals surface area contributed by atoms with E-state index in [0.717, 1.165) is 34.1 Å². The molecule has 6 heteroatoms. The molecule has 4 nitrogen and oxygen atoms in total. The van der Waals surface area contributed by atoms with Crippen LogP contribution < -0.4 is 4.74 Å². The van der Waals surface area contributed by atoms with Crippen LogP contribution in [0.5, 0.6) is 5.88 Å². The average molecular weight is 523 g/mol. The summed E-state index contributed by atoms with van der Waals surface area (Å²) >= 11 is 0. The molecule has 198 valence electrons. The maximum absolute atomic E-state index is 14.8. The number of halogens is 1. The molecule has 0 N–H and O–H groups in total. The first-order chi connectivity index (χ1) is 17.3. The number of ether oxygens (including phenoxy) is 1. The van der Waals surface area contributed by atoms with Crippen LogP contribution in [0.4, 0.5) is 4.39 Å². The smallest absolute Gasteiger partial charge is 0.213 e. The molecule has 0 spiro atoms. The Hall–Kier alpha value is -2.52. The van der Waals surface area contributed by atoms with Gasteiger partial charge in [0.25, 0.3) is 0 Å². The van der Waals surface area contributed by atoms with Crippen LogP contribution in [0.1, 0.15) is 74.8 Å². The number of rotatable bonds is 9. The Labute approximate surface area is 221 Å². The molecule has 2 atom stereocenters. The zero-order valence-electron chi connectivity index (χ0n) is 23.2. The van der Waals surface area contributed by atoms with Crippen molar-refractivity contribution in [2.45, 2.75) is 65.9 Å². The van der Waals surface area contributed by atoms with Crippen LogP contribution in [0.3, 0.4) is 0 Å². The molecule has 0 amide bonds. The van der Waals surface area contributed by atoms with Crippen LogP contribution in [-0.2, 0) is 11.2 Å². The number of pyridine rings is 2. The van der Waals surface area contributed by atoms with Crippen LogP contribution in [0.15, 0.2) is 48.8 Å². The van der Waals surface area contributed by atoms with E-state index in [1.54, 1.807) is 6.20 Å². The fourth-order valence-electron chi connectivity index (χ4n) is 4.91. The topological polar surface area (TPSA) is 52.1 Å². The fraction of sp³-hybridized carbons (Fsp3) is 0.484. The second-order valence-corrected chi connectivity index (χ2v) is 15.7. The summed E-state index contributed by atoms with van der Waals surface area (Å²) in [6.07, 6.45) is 6.21. The van der Waals surface area contributed by atoms with Gasteiger partial charge in [-0.1, -0.05) is 45.9 Å². The van der Waals surface area contributed by atoms with Crippen LogP contribution in [-0.4, -0.2) is 29.5 Å². The first-order valence-electron chi connectivity index (χ1n) is 13.2. The molecule has 1 aliphatic carbocycles. The van der Waals surface area contributed by atoms with Gasteiger partial charge in [0.1, 0.15) is 12.4 Å². The van der Waals surface area contributed by atoms with E-state index in [1.807, 2.05) is 50.6 Å². The van der Waals surface area contributed by atoms with Gasteiger partial charge < -0.3 is 9.30 Å². The molecular formula is C31H40FN2O2P. The molecule has 0 bridgehead atoms. The summed E-state index contributed by atoms with van der Waals surface area (Å²) in [7, 11) is -2.14. The third kappa shape index (κ3) is 7.08. The minimum atomic E-state index is -2.14. The van der Waals surface area contributed by atoms with Gasteiger partial charge >= 0.3 is 0 Å². The van der Waals surface area contributed by atoms with E-state index in [-0.39, 0.29) is 17.2 Å². The van der Waals surface area contributed by atoms with Gasteiger partial charge in [-0.2, -0.15) is 0 Å². The summed E-state index contributed by atoms with van der Waals surface area (Å²) in [5, 5.41) is 0. The van der Waals surface area contributed by atoms with Crippen LogP contribution in [0, 0.1) is 24.1 Å². The monoisotopic (exact) mass is 522 g/mol. The molecule has 1 aliphatic rings. The van der Waals surface area contributed by atoms with Gasteiger partial charge in [0, 0.05) is 29.7 Å². The standard InChI is InChI=1S/C31H40FN2O2P/c1-20-14-27(29(32)17-34-20)25-11-8-22(15-26(25)21(2)31(3,4)5)18-36-30-16-24(12-13-33-30)28(23-9-10-23)19-37(6,7)35/h8,11-17,21,23,28H,9-10,18-19H2,1-7H3/t21?,28-/m0/s1. The van der Waals surface area contributed by atoms with E-state index in [0.29, 0.717) is 29.9 Å². The number of aryl methyl sites for hydroxylation is 1. The summed E-state index contributed by atoms with van der Waals surface area (Å²) in [5.74, 6) is 1.36. The molecule has 1 fully saturated rings. The van der Waals surface area contributed by atoms with Crippen molar-refractivity contribution in [1.29, 1.82) is 0 Å². The molecule has 0 radical (unpaired) electrons. The van der Waals surface area contributed by atoms with Crippen LogP contribution in [0.25, 0.3) is 11.1 Å². The second kappa shape index (κ2) is 10.7. The van der Waals surface area contributed by atoms with Crippen LogP contribution >= 0.6 is 7.14 Å². The van der Waals surface area contributed by atoms with Crippen molar-refractivity contribution in [2.75, 3.05) is 19.5 Å². The lowest BCUT2D eigenvalue weighted by Crippen LogP contribution is -2.17. The highest BCUT2D eigenvalue weighted by Crippen LogP contribution is 2.51. The molecule has 4 rings (SSSR count). The zero-order chi connectivity index (χ0) is 27.0. The molecule has 2 heterocycles. The van der Waals surface area contributed by atoms with Gasteiger partial charge in [0.15, 0.2) is 0 Å². The minimum absolute atomic E-state index is 0.00151. The van der Waals surface area contributed by atoms with E-state index in [4.69, 9.17) is 4.74 Å². The highest BCUT2D eigenvalue weighted by Gasteiger charge is 2.35. The normalized spacial score (nSPS) is 15.9. The predicted octanol–water partition coefficient (Wildman–Crippen LogP) is 8.44. The SMILES string of the molecule is Cc1cc(-c2ccc(COc3cc([C@@H](CP(C)(C)=O)C4CC4)ccn3)cc2C(C)C(C)(C)C)c(F)cn1. The quantitative estimate of drug-likeness (QED) is 0.265. The Balaban J connectivity index is 1.60. The van der Waals surface area contributed by atoms with Gasteiger partial charge in [-0.25, -0.2) is 9.37 Å². The number of hydrogen-bond donors (Lipinski definition) is 0. The fourth-order valence-corrected chi connectivity index (χ4v) is 6.37. The third-order valence-corrected chi connectivity index (χ3v) is 8.84. The van der Waals surface area contributed by atoms with Gasteiger partial charge in [-0.3, -0.25) is 4.98 Å². The van der Waals surface area contributed by atoms with Crippen molar-refractivity contribution in [3.63, 3.8) is 0 Å². The van der Waals surface area contributed by atoms with Crippen molar-refractivity contribution in [3.8, 4) is 17.0 Å². The lowest BCUT2D eigenvalue weighted by atomic mass is 9.75. The third-order valence-electron chi connectivity index (χ3n) is 7.56. The van der Waals surface area contributed by atoms with E-state index >= 15 is 0 Å². The number of hydrogen-bond acceptors (Lipinski definition) is 4. The lowest BCUT2D eigenvalue weighted by Gasteiger charge is -2.30. The average Bonchev–Trinajstić information content (AvgIpc) is 3.67. The lowest BCUT2D eigenvalue weighted by molar-refractivity contribution is 0.292. The molecule has 0 saturated heterocycles. The van der Waals surface area contributed by atoms with E-state index in [2.05, 4.69) is 43.7 Å². The highest BCUT2D eigenvalue weighted by molar-refractivity contribution is 7.62. The summed E-state index contributed by atoms with van der Waals surface area (Å²) < 4.78 is 33.6. The molecule has 1 saturated carbocycles. The van der Waals surface area contributed by atoms with Gasteiger partial charge in [-0.05, 0) is 90.7 Å². The molecular weight excluding hydrogens is 482 g/mol. The molecule has 3 aromatic rings. The number of nitrogens with zero attached hydrogens (tertiary/aromatic N) is 2. The molecule has 1 unspecified atom stereocenters. The Morgan fingerprint density at radius 2 is 1.81 bits per heavy atom. The Kier molecular flexibility index (Phi) is 7.95. The molecule has 0 aliphatic heterocycles. The van der Waals surface area contributed by atoms with E-state index in [9.17, 15) is 8.96 Å². The highest BCUT2D eigenvalue weighted by atomic mass is 31.2. The van der Waals surface area contributed by atoms with Crippen molar-refractivity contribution in [1.82, 2.24) is 9.97 Å². The summed E-state index contributed by atoms with van der Waals surface area (Å²) in [5.41, 5.74) is 5.53. The minimum Gasteiger partial charge on any atom is -0.473 e. The zero-order valence-corrected chi connectivity index (χ0v) is 24.1. The van der Waals surface area contributed by atoms with Crippen molar-refractivity contribution in [2.24, 2.45) is 11.3 Å². The first-order valence-corrected chi connectivity index (χ1v) is 16.0. The predicted molar refractivity (Wildman–Crippen MR) is 151 cm³/mol. The van der Waals surface area contributed by atoms with E-state index in [1.165, 1.54) is 19.0 Å². The Morgan fingerprint density at radius 3 is 2.46 bits per heavy atom. The number of aromatic nitrogens is 2. The number of benzene rings is 1. The Morgan fingerprint density at radius 1 is 1.08 bits per heavy atom. The Bertz CT molecular complexity index is 1310. The van der Waals surface area contributed by atoms with E-state index < -0.39 is 7.14 Å². The first kappa shape index (κ1) is 27.5. The van der Waals surface area contributed by atoms with Crippen molar-refractivity contribution < 1.29 is 13.7 Å². The second-order valence-electron chi connectivity index (χ2n) is 12.2. The largest absolute Gasteiger partial charge is 0.473 e. The van der Waals surface area contributed by atoms with Crippen LogP contribution in [0.2, 0.25) is 0 Å². The van der Waals surface area contributed by atoms with Gasteiger partial charge in [0.05, 0.1) is 13.3 Å². The summed E-state index contributed by atoms with van der Waals surface area (Å²) in [6.45, 7) is 14.8. The van der Waals surface area contributed by atoms with Gasteiger partial charge in [-0.15, -0.1) is 0 Å². The van der Waals surface area contributed by atoms with Crippen molar-refractivity contribution in [3.05, 3.63) is 77.0 Å². The van der Waals surface area contributed by atoms with Gasteiger partial charge in [0.2, 0.25) is 5.88 Å².